The van der Waals surface area contributed by atoms with Crippen LogP contribution in [0.5, 0.6) is 5.75 Å². The quantitative estimate of drug-likeness (QED) is 0.143. The molecule has 9 nitrogen and oxygen atoms in total. The van der Waals surface area contributed by atoms with Crippen molar-refractivity contribution >= 4 is 22.1 Å². The molecule has 0 saturated carbocycles. The fraction of sp³-hybridized carbons (Fsp3) is 0.189. The highest BCUT2D eigenvalue weighted by Crippen LogP contribution is 2.29. The second-order valence-electron chi connectivity index (χ2n) is 11.8. The van der Waals surface area contributed by atoms with E-state index in [1.54, 1.807) is 0 Å². The van der Waals surface area contributed by atoms with E-state index in [-0.39, 0.29) is 0 Å². The number of aromatic hydroxyl groups is 1. The van der Waals surface area contributed by atoms with E-state index in [2.05, 4.69) is 48.8 Å². The average molecular weight is 609 g/mol. The molecule has 0 bridgehead atoms. The van der Waals surface area contributed by atoms with Crippen LogP contribution in [-0.2, 0) is 39.3 Å². The Hall–Kier alpha value is -5.38. The van der Waals surface area contributed by atoms with E-state index < -0.39 is 0 Å². The van der Waals surface area contributed by atoms with E-state index in [4.69, 9.17) is 9.97 Å². The number of nitrogens with one attached hydrogen (secondary N) is 2. The lowest BCUT2D eigenvalue weighted by Gasteiger charge is -2.25. The molecule has 0 aliphatic heterocycles. The molecule has 4 heterocycles. The van der Waals surface area contributed by atoms with E-state index >= 15 is 0 Å². The summed E-state index contributed by atoms with van der Waals surface area (Å²) in [5, 5.41) is 11.8. The Labute approximate surface area is 267 Å². The predicted molar refractivity (Wildman–Crippen MR) is 179 cm³/mol. The molecule has 0 atom stereocenters. The molecule has 7 rings (SSSR count). The van der Waals surface area contributed by atoms with Crippen LogP contribution < -0.4 is 0 Å². The number of benzene rings is 3. The van der Waals surface area contributed by atoms with E-state index in [0.29, 0.717) is 45.0 Å². The number of imidazole rings is 2. The fourth-order valence-corrected chi connectivity index (χ4v) is 6.02. The van der Waals surface area contributed by atoms with E-state index in [9.17, 15) is 5.11 Å². The van der Waals surface area contributed by atoms with Gasteiger partial charge in [-0.2, -0.15) is 0 Å². The van der Waals surface area contributed by atoms with Gasteiger partial charge in [-0.15, -0.1) is 0 Å². The number of nitrogens with zero attached hydrogens (tertiary/aromatic N) is 6. The molecule has 3 N–H and O–H groups in total. The van der Waals surface area contributed by atoms with Gasteiger partial charge in [0.25, 0.3) is 0 Å². The Balaban J connectivity index is 1.18. The van der Waals surface area contributed by atoms with Crippen molar-refractivity contribution in [3.8, 4) is 5.75 Å². The number of phenols is 1. The topological polar surface area (TPSA) is 110 Å². The Morgan fingerprint density at radius 2 is 1.02 bits per heavy atom. The molecule has 0 spiro atoms. The molecule has 0 amide bonds. The van der Waals surface area contributed by atoms with Gasteiger partial charge in [0.05, 0.1) is 46.5 Å². The van der Waals surface area contributed by atoms with Gasteiger partial charge in [0, 0.05) is 49.7 Å². The van der Waals surface area contributed by atoms with Gasteiger partial charge in [0.15, 0.2) is 0 Å². The highest BCUT2D eigenvalue weighted by atomic mass is 16.3. The van der Waals surface area contributed by atoms with Gasteiger partial charge in [0.1, 0.15) is 17.4 Å². The van der Waals surface area contributed by atoms with Crippen molar-refractivity contribution in [2.75, 3.05) is 0 Å². The molecule has 0 saturated heterocycles. The van der Waals surface area contributed by atoms with Crippen LogP contribution in [0.15, 0.2) is 109 Å². The zero-order chi connectivity index (χ0) is 31.3. The van der Waals surface area contributed by atoms with Crippen molar-refractivity contribution in [2.24, 2.45) is 0 Å². The standard InChI is InChI=1S/C37H36N8O/c1-26-18-27(20-44(22-29-10-6-8-16-38-29)23-30-11-7-9-17-39-30)37(46)28(19-26)21-45(24-35-40-31-12-2-3-13-32(31)41-35)25-36-42-33-14-4-5-15-34(33)43-36/h2-19,46H,20-25H2,1H3,(H,40,41)(H,42,43). The number of aryl methyl sites for hydroxylation is 1. The summed E-state index contributed by atoms with van der Waals surface area (Å²) in [5.41, 5.74) is 8.62. The summed E-state index contributed by atoms with van der Waals surface area (Å²) in [6.45, 7) is 5.50. The molecule has 0 aliphatic carbocycles. The van der Waals surface area contributed by atoms with Crippen LogP contribution in [0, 0.1) is 6.92 Å². The monoisotopic (exact) mass is 608 g/mol. The molecular weight excluding hydrogens is 572 g/mol. The third-order valence-electron chi connectivity index (χ3n) is 8.05. The molecule has 9 heteroatoms. The number of fused-ring (bicyclic) bond motifs is 2. The van der Waals surface area contributed by atoms with Crippen molar-refractivity contribution in [3.63, 3.8) is 0 Å². The van der Waals surface area contributed by atoms with Crippen LogP contribution in [-0.4, -0.2) is 44.8 Å². The number of pyridine rings is 2. The summed E-state index contributed by atoms with van der Waals surface area (Å²) in [5.74, 6) is 2.03. The Kier molecular flexibility index (Phi) is 8.49. The number of hydrogen-bond acceptors (Lipinski definition) is 7. The molecule has 3 aromatic carbocycles. The maximum absolute atomic E-state index is 11.8. The van der Waals surface area contributed by atoms with E-state index in [1.165, 1.54) is 0 Å². The molecule has 0 fully saturated rings. The summed E-state index contributed by atoms with van der Waals surface area (Å²) in [6.07, 6.45) is 3.63. The maximum Gasteiger partial charge on any atom is 0.124 e. The Bertz CT molecular complexity index is 1870. The van der Waals surface area contributed by atoms with Crippen molar-refractivity contribution in [1.82, 2.24) is 39.7 Å². The third-order valence-corrected chi connectivity index (χ3v) is 8.05. The highest BCUT2D eigenvalue weighted by molar-refractivity contribution is 5.75. The number of aromatic nitrogens is 6. The van der Waals surface area contributed by atoms with Crippen molar-refractivity contribution in [3.05, 3.63) is 149 Å². The summed E-state index contributed by atoms with van der Waals surface area (Å²) < 4.78 is 0. The highest BCUT2D eigenvalue weighted by Gasteiger charge is 2.19. The maximum atomic E-state index is 11.8. The number of phenolic OH excluding ortho intramolecular Hbond substituents is 1. The first-order valence-electron chi connectivity index (χ1n) is 15.5. The summed E-state index contributed by atoms with van der Waals surface area (Å²) in [7, 11) is 0. The van der Waals surface area contributed by atoms with Gasteiger partial charge in [-0.25, -0.2) is 9.97 Å². The first kappa shape index (κ1) is 29.3. The zero-order valence-electron chi connectivity index (χ0n) is 25.8. The smallest absolute Gasteiger partial charge is 0.124 e. The molecule has 4 aromatic heterocycles. The van der Waals surface area contributed by atoms with Crippen molar-refractivity contribution in [2.45, 2.75) is 46.2 Å². The second-order valence-corrected chi connectivity index (χ2v) is 11.8. The number of rotatable bonds is 12. The zero-order valence-corrected chi connectivity index (χ0v) is 25.8. The van der Waals surface area contributed by atoms with Crippen LogP contribution in [0.4, 0.5) is 0 Å². The number of H-pyrrole nitrogens is 2. The SMILES string of the molecule is Cc1cc(CN(Cc2ccccn2)Cc2ccccn2)c(O)c(CN(Cc2nc3ccccc3[nH]2)Cc2nc3ccccc3[nH]2)c1. The number of para-hydroxylation sites is 4. The first-order valence-corrected chi connectivity index (χ1v) is 15.5. The minimum absolute atomic E-state index is 0.303. The van der Waals surface area contributed by atoms with Gasteiger partial charge in [0.2, 0.25) is 0 Å². The lowest BCUT2D eigenvalue weighted by Crippen LogP contribution is -2.25. The summed E-state index contributed by atoms with van der Waals surface area (Å²) in [4.78, 5) is 30.3. The molecule has 0 unspecified atom stereocenters. The van der Waals surface area contributed by atoms with Crippen molar-refractivity contribution in [1.29, 1.82) is 0 Å². The third kappa shape index (κ3) is 6.96. The molecule has 0 aliphatic rings. The van der Waals surface area contributed by atoms with Crippen molar-refractivity contribution < 1.29 is 5.11 Å². The molecule has 7 aromatic rings. The minimum Gasteiger partial charge on any atom is -0.507 e. The molecule has 46 heavy (non-hydrogen) atoms. The van der Waals surface area contributed by atoms with Crippen LogP contribution in [0.1, 0.15) is 39.7 Å². The summed E-state index contributed by atoms with van der Waals surface area (Å²) >= 11 is 0. The molecule has 0 radical (unpaired) electrons. The largest absolute Gasteiger partial charge is 0.507 e. The number of hydrogen-bond donors (Lipinski definition) is 3. The van der Waals surface area contributed by atoms with Gasteiger partial charge in [-0.3, -0.25) is 19.8 Å². The predicted octanol–water partition coefficient (Wildman–Crippen LogP) is 6.65. The Morgan fingerprint density at radius 1 is 0.565 bits per heavy atom. The van der Waals surface area contributed by atoms with Gasteiger partial charge in [-0.05, 0) is 55.5 Å². The second kappa shape index (κ2) is 13.3. The average Bonchev–Trinajstić information content (AvgIpc) is 3.67. The first-order chi connectivity index (χ1) is 22.6. The summed E-state index contributed by atoms with van der Waals surface area (Å²) in [6, 6.07) is 32.2. The lowest BCUT2D eigenvalue weighted by molar-refractivity contribution is 0.229. The minimum atomic E-state index is 0.303. The number of aromatic amines is 2. The lowest BCUT2D eigenvalue weighted by atomic mass is 10.0. The fourth-order valence-electron chi connectivity index (χ4n) is 6.02. The van der Waals surface area contributed by atoms with E-state index in [0.717, 1.165) is 61.8 Å². The Morgan fingerprint density at radius 3 is 1.48 bits per heavy atom. The molecule has 230 valence electrons. The van der Waals surface area contributed by atoms with Crippen LogP contribution >= 0.6 is 0 Å². The van der Waals surface area contributed by atoms with Gasteiger partial charge >= 0.3 is 0 Å². The van der Waals surface area contributed by atoms with Crippen LogP contribution in [0.2, 0.25) is 0 Å². The van der Waals surface area contributed by atoms with E-state index in [1.807, 2.05) is 97.3 Å². The van der Waals surface area contributed by atoms with Gasteiger partial charge in [-0.1, -0.05) is 54.1 Å². The van der Waals surface area contributed by atoms with Crippen LogP contribution in [0.25, 0.3) is 22.1 Å². The normalized spacial score (nSPS) is 11.7. The molecular formula is C37H36N8O. The van der Waals surface area contributed by atoms with Crippen LogP contribution in [0.3, 0.4) is 0 Å². The van der Waals surface area contributed by atoms with Gasteiger partial charge < -0.3 is 15.1 Å².